The molecule has 102 valence electrons. The summed E-state index contributed by atoms with van der Waals surface area (Å²) in [5.41, 5.74) is 2.82. The Morgan fingerprint density at radius 3 is 2.50 bits per heavy atom. The summed E-state index contributed by atoms with van der Waals surface area (Å²) in [5, 5.41) is 11.1. The molecule has 0 aromatic heterocycles. The Labute approximate surface area is 122 Å². The molecular formula is C15H14N2O2S. The van der Waals surface area contributed by atoms with Gasteiger partial charge in [0.25, 0.3) is 0 Å². The number of para-hydroxylation sites is 1. The van der Waals surface area contributed by atoms with E-state index in [9.17, 15) is 5.21 Å². The number of nitrogens with zero attached hydrogens (tertiary/aromatic N) is 2. The highest BCUT2D eigenvalue weighted by atomic mass is 32.1. The van der Waals surface area contributed by atoms with Crippen LogP contribution < -0.4 is 9.64 Å². The number of anilines is 2. The number of rotatable bonds is 2. The SMILES string of the molecule is COc1ccc(N2CN(O)C(=S)c3ccccc32)cc1. The molecule has 1 N–H and O–H groups in total. The number of methoxy groups -OCH3 is 1. The van der Waals surface area contributed by atoms with Gasteiger partial charge in [0.2, 0.25) is 0 Å². The molecule has 0 saturated carbocycles. The molecule has 3 rings (SSSR count). The van der Waals surface area contributed by atoms with Crippen LogP contribution in [-0.4, -0.2) is 29.0 Å². The smallest absolute Gasteiger partial charge is 0.138 e. The zero-order chi connectivity index (χ0) is 14.1. The molecular weight excluding hydrogens is 272 g/mol. The molecule has 0 bridgehead atoms. The van der Waals surface area contributed by atoms with Crippen LogP contribution in [0.5, 0.6) is 5.75 Å². The molecule has 20 heavy (non-hydrogen) atoms. The van der Waals surface area contributed by atoms with Gasteiger partial charge in [0, 0.05) is 11.3 Å². The fourth-order valence-corrected chi connectivity index (χ4v) is 2.52. The predicted molar refractivity (Wildman–Crippen MR) is 81.8 cm³/mol. The van der Waals surface area contributed by atoms with E-state index in [1.54, 1.807) is 7.11 Å². The number of ether oxygens (including phenoxy) is 1. The van der Waals surface area contributed by atoms with Gasteiger partial charge >= 0.3 is 0 Å². The van der Waals surface area contributed by atoms with Crippen molar-refractivity contribution in [1.82, 2.24) is 5.06 Å². The van der Waals surface area contributed by atoms with E-state index in [1.165, 1.54) is 0 Å². The number of thiocarbonyl (C=S) groups is 1. The summed E-state index contributed by atoms with van der Waals surface area (Å²) in [6.07, 6.45) is 0. The van der Waals surface area contributed by atoms with Crippen molar-refractivity contribution in [3.63, 3.8) is 0 Å². The van der Waals surface area contributed by atoms with E-state index in [1.807, 2.05) is 53.4 Å². The first-order chi connectivity index (χ1) is 9.70. The number of hydrogen-bond acceptors (Lipinski definition) is 4. The second-order valence-electron chi connectivity index (χ2n) is 4.49. The molecule has 0 fully saturated rings. The molecule has 5 heteroatoms. The number of fused-ring (bicyclic) bond motifs is 1. The van der Waals surface area contributed by atoms with E-state index < -0.39 is 0 Å². The highest BCUT2D eigenvalue weighted by Gasteiger charge is 2.26. The Morgan fingerprint density at radius 2 is 1.80 bits per heavy atom. The third-order valence-corrected chi connectivity index (χ3v) is 3.75. The molecule has 1 aliphatic rings. The van der Waals surface area contributed by atoms with E-state index in [0.29, 0.717) is 11.7 Å². The molecule has 1 heterocycles. The van der Waals surface area contributed by atoms with Gasteiger partial charge in [-0.25, -0.2) is 5.06 Å². The monoisotopic (exact) mass is 286 g/mol. The normalized spacial score (nSPS) is 14.2. The van der Waals surface area contributed by atoms with E-state index in [2.05, 4.69) is 0 Å². The van der Waals surface area contributed by atoms with Crippen LogP contribution in [0.3, 0.4) is 0 Å². The Balaban J connectivity index is 2.05. The second-order valence-corrected chi connectivity index (χ2v) is 4.88. The Morgan fingerprint density at radius 1 is 1.10 bits per heavy atom. The molecule has 0 saturated heterocycles. The largest absolute Gasteiger partial charge is 0.497 e. The lowest BCUT2D eigenvalue weighted by atomic mass is 10.1. The highest BCUT2D eigenvalue weighted by molar-refractivity contribution is 7.80. The summed E-state index contributed by atoms with van der Waals surface area (Å²) in [6, 6.07) is 15.5. The standard InChI is InChI=1S/C15H14N2O2S/c1-19-12-8-6-11(7-9-12)16-10-17(18)15(20)13-4-2-3-5-14(13)16/h2-9,18H,10H2,1H3. The fourth-order valence-electron chi connectivity index (χ4n) is 2.29. The minimum absolute atomic E-state index is 0.308. The molecule has 2 aromatic carbocycles. The van der Waals surface area contributed by atoms with Crippen LogP contribution in [0.15, 0.2) is 48.5 Å². The Kier molecular flexibility index (Phi) is 3.30. The van der Waals surface area contributed by atoms with Crippen molar-refractivity contribution >= 4 is 28.6 Å². The van der Waals surface area contributed by atoms with Gasteiger partial charge in [0.15, 0.2) is 0 Å². The topological polar surface area (TPSA) is 35.9 Å². The minimum atomic E-state index is 0.308. The fraction of sp³-hybridized carbons (Fsp3) is 0.133. The van der Waals surface area contributed by atoms with Gasteiger partial charge in [-0.3, -0.25) is 5.21 Å². The Bertz CT molecular complexity index is 643. The number of hydrogen-bond donors (Lipinski definition) is 1. The van der Waals surface area contributed by atoms with E-state index in [-0.39, 0.29) is 0 Å². The van der Waals surface area contributed by atoms with Gasteiger partial charge < -0.3 is 9.64 Å². The summed E-state index contributed by atoms with van der Waals surface area (Å²) < 4.78 is 5.17. The zero-order valence-corrected chi connectivity index (χ0v) is 11.8. The number of hydroxylamine groups is 2. The second kappa shape index (κ2) is 5.11. The van der Waals surface area contributed by atoms with Gasteiger partial charge in [-0.2, -0.15) is 0 Å². The predicted octanol–water partition coefficient (Wildman–Crippen LogP) is 3.17. The molecule has 1 aliphatic heterocycles. The van der Waals surface area contributed by atoms with Crippen LogP contribution in [0, 0.1) is 0 Å². The number of benzene rings is 2. The van der Waals surface area contributed by atoms with Crippen molar-refractivity contribution in [2.75, 3.05) is 18.7 Å². The van der Waals surface area contributed by atoms with Crippen molar-refractivity contribution in [3.05, 3.63) is 54.1 Å². The maximum Gasteiger partial charge on any atom is 0.138 e. The van der Waals surface area contributed by atoms with Crippen LogP contribution in [-0.2, 0) is 0 Å². The molecule has 2 aromatic rings. The average molecular weight is 286 g/mol. The molecule has 0 unspecified atom stereocenters. The van der Waals surface area contributed by atoms with Crippen molar-refractivity contribution in [3.8, 4) is 5.75 Å². The van der Waals surface area contributed by atoms with Gasteiger partial charge in [-0.05, 0) is 36.4 Å². The van der Waals surface area contributed by atoms with E-state index in [4.69, 9.17) is 17.0 Å². The summed E-state index contributed by atoms with van der Waals surface area (Å²) in [6.45, 7) is 0.308. The molecule has 4 nitrogen and oxygen atoms in total. The maximum atomic E-state index is 9.98. The van der Waals surface area contributed by atoms with Crippen molar-refractivity contribution in [1.29, 1.82) is 0 Å². The third kappa shape index (κ3) is 2.11. The van der Waals surface area contributed by atoms with Crippen LogP contribution in [0.4, 0.5) is 11.4 Å². The zero-order valence-electron chi connectivity index (χ0n) is 11.0. The van der Waals surface area contributed by atoms with Gasteiger partial charge in [0.1, 0.15) is 17.4 Å². The van der Waals surface area contributed by atoms with Gasteiger partial charge in [-0.15, -0.1) is 0 Å². The first kappa shape index (κ1) is 12.9. The minimum Gasteiger partial charge on any atom is -0.497 e. The lowest BCUT2D eigenvalue weighted by Crippen LogP contribution is -2.42. The summed E-state index contributed by atoms with van der Waals surface area (Å²) in [5.74, 6) is 0.801. The summed E-state index contributed by atoms with van der Waals surface area (Å²) in [4.78, 5) is 2.45. The van der Waals surface area contributed by atoms with Crippen molar-refractivity contribution < 1.29 is 9.94 Å². The van der Waals surface area contributed by atoms with Crippen molar-refractivity contribution in [2.24, 2.45) is 0 Å². The highest BCUT2D eigenvalue weighted by Crippen LogP contribution is 2.33. The molecule has 0 atom stereocenters. The molecule has 0 amide bonds. The van der Waals surface area contributed by atoms with Crippen LogP contribution in [0.2, 0.25) is 0 Å². The van der Waals surface area contributed by atoms with Crippen molar-refractivity contribution in [2.45, 2.75) is 0 Å². The summed E-state index contributed by atoms with van der Waals surface area (Å²) >= 11 is 5.25. The third-order valence-electron chi connectivity index (χ3n) is 3.32. The lowest BCUT2D eigenvalue weighted by Gasteiger charge is -2.36. The summed E-state index contributed by atoms with van der Waals surface area (Å²) in [7, 11) is 1.64. The average Bonchev–Trinajstić information content (AvgIpc) is 2.51. The van der Waals surface area contributed by atoms with Gasteiger partial charge in [-0.1, -0.05) is 24.4 Å². The van der Waals surface area contributed by atoms with E-state index >= 15 is 0 Å². The first-order valence-corrected chi connectivity index (χ1v) is 6.63. The molecule has 0 radical (unpaired) electrons. The molecule has 0 aliphatic carbocycles. The Hall–Kier alpha value is -2.11. The molecule has 0 spiro atoms. The lowest BCUT2D eigenvalue weighted by molar-refractivity contribution is -0.0101. The maximum absolute atomic E-state index is 9.98. The van der Waals surface area contributed by atoms with Crippen LogP contribution >= 0.6 is 12.2 Å². The van der Waals surface area contributed by atoms with Gasteiger partial charge in [0.05, 0.1) is 12.8 Å². The van der Waals surface area contributed by atoms with E-state index in [0.717, 1.165) is 27.8 Å². The van der Waals surface area contributed by atoms with Crippen LogP contribution in [0.25, 0.3) is 0 Å². The van der Waals surface area contributed by atoms with Crippen LogP contribution in [0.1, 0.15) is 5.56 Å². The quantitative estimate of drug-likeness (QED) is 0.858. The first-order valence-electron chi connectivity index (χ1n) is 6.22.